The second-order valence-electron chi connectivity index (χ2n) is 3.43. The van der Waals surface area contributed by atoms with E-state index < -0.39 is 0 Å². The Bertz CT molecular complexity index is 489. The molecule has 0 aliphatic rings. The normalized spacial score (nSPS) is 10.2. The van der Waals surface area contributed by atoms with Gasteiger partial charge in [-0.05, 0) is 24.1 Å². The largest absolute Gasteiger partial charge is 0.497 e. The topological polar surface area (TPSA) is 47.0 Å². The molecule has 0 bridgehead atoms. The van der Waals surface area contributed by atoms with Gasteiger partial charge in [0.2, 0.25) is 0 Å². The number of anilines is 1. The van der Waals surface area contributed by atoms with Crippen LogP contribution in [0.1, 0.15) is 5.56 Å². The van der Waals surface area contributed by atoms with E-state index >= 15 is 0 Å². The molecule has 6 heteroatoms. The highest BCUT2D eigenvalue weighted by Gasteiger charge is 2.03. The minimum atomic E-state index is 0.431. The first-order valence-corrected chi connectivity index (χ1v) is 6.25. The molecule has 0 saturated heterocycles. The molecule has 0 radical (unpaired) electrons. The number of hydrogen-bond acceptors (Lipinski definition) is 5. The van der Waals surface area contributed by atoms with E-state index in [0.717, 1.165) is 30.4 Å². The SMILES string of the molecule is COc1cccc(CCNc2nsnc2Cl)c1. The van der Waals surface area contributed by atoms with Gasteiger partial charge in [0, 0.05) is 6.54 Å². The van der Waals surface area contributed by atoms with Gasteiger partial charge in [-0.1, -0.05) is 23.7 Å². The van der Waals surface area contributed by atoms with Crippen LogP contribution >= 0.6 is 23.3 Å². The van der Waals surface area contributed by atoms with E-state index in [2.05, 4.69) is 20.1 Å². The van der Waals surface area contributed by atoms with E-state index in [4.69, 9.17) is 16.3 Å². The van der Waals surface area contributed by atoms with Crippen LogP contribution in [0, 0.1) is 0 Å². The Labute approximate surface area is 109 Å². The zero-order valence-corrected chi connectivity index (χ0v) is 10.9. The van der Waals surface area contributed by atoms with Crippen LogP contribution in [0.4, 0.5) is 5.82 Å². The second kappa shape index (κ2) is 5.84. The van der Waals surface area contributed by atoms with Crippen molar-refractivity contribution in [2.75, 3.05) is 19.0 Å². The lowest BCUT2D eigenvalue weighted by Crippen LogP contribution is -2.05. The van der Waals surface area contributed by atoms with Crippen LogP contribution in [-0.2, 0) is 6.42 Å². The van der Waals surface area contributed by atoms with Crippen molar-refractivity contribution in [2.24, 2.45) is 0 Å². The van der Waals surface area contributed by atoms with Crippen molar-refractivity contribution in [3.8, 4) is 5.75 Å². The van der Waals surface area contributed by atoms with E-state index in [-0.39, 0.29) is 0 Å². The van der Waals surface area contributed by atoms with Crippen LogP contribution in [0.2, 0.25) is 5.15 Å². The smallest absolute Gasteiger partial charge is 0.186 e. The molecular formula is C11H12ClN3OS. The minimum absolute atomic E-state index is 0.431. The molecule has 1 heterocycles. The van der Waals surface area contributed by atoms with Crippen molar-refractivity contribution in [3.05, 3.63) is 35.0 Å². The highest BCUT2D eigenvalue weighted by atomic mass is 35.5. The number of ether oxygens (including phenoxy) is 1. The third-order valence-corrected chi connectivity index (χ3v) is 3.18. The van der Waals surface area contributed by atoms with Crippen LogP contribution in [-0.4, -0.2) is 22.4 Å². The maximum atomic E-state index is 5.82. The van der Waals surface area contributed by atoms with Gasteiger partial charge in [-0.15, -0.1) is 0 Å². The molecule has 0 aliphatic heterocycles. The maximum absolute atomic E-state index is 5.82. The number of rotatable bonds is 5. The number of halogens is 1. The van der Waals surface area contributed by atoms with Crippen LogP contribution in [0.15, 0.2) is 24.3 Å². The average Bonchev–Trinajstić information content (AvgIpc) is 2.76. The molecule has 0 unspecified atom stereocenters. The molecule has 4 nitrogen and oxygen atoms in total. The molecule has 0 fully saturated rings. The highest BCUT2D eigenvalue weighted by molar-refractivity contribution is 6.99. The zero-order chi connectivity index (χ0) is 12.1. The summed E-state index contributed by atoms with van der Waals surface area (Å²) in [7, 11) is 1.66. The number of methoxy groups -OCH3 is 1. The highest BCUT2D eigenvalue weighted by Crippen LogP contribution is 2.18. The standard InChI is InChI=1S/C11H12ClN3OS/c1-16-9-4-2-3-8(7-9)5-6-13-11-10(12)14-17-15-11/h2-4,7H,5-6H2,1H3,(H,13,15). The number of benzene rings is 1. The minimum Gasteiger partial charge on any atom is -0.497 e. The van der Waals surface area contributed by atoms with E-state index in [1.807, 2.05) is 18.2 Å². The molecule has 17 heavy (non-hydrogen) atoms. The van der Waals surface area contributed by atoms with Gasteiger partial charge < -0.3 is 10.1 Å². The van der Waals surface area contributed by atoms with Gasteiger partial charge in [-0.2, -0.15) is 8.75 Å². The summed E-state index contributed by atoms with van der Waals surface area (Å²) in [5, 5.41) is 3.57. The summed E-state index contributed by atoms with van der Waals surface area (Å²) in [6.45, 7) is 0.762. The fraction of sp³-hybridized carbons (Fsp3) is 0.273. The van der Waals surface area contributed by atoms with E-state index in [1.54, 1.807) is 7.11 Å². The average molecular weight is 270 g/mol. The fourth-order valence-corrected chi connectivity index (χ4v) is 2.12. The van der Waals surface area contributed by atoms with Crippen LogP contribution in [0.3, 0.4) is 0 Å². The summed E-state index contributed by atoms with van der Waals surface area (Å²) in [5.74, 6) is 1.52. The maximum Gasteiger partial charge on any atom is 0.186 e. The molecule has 0 amide bonds. The lowest BCUT2D eigenvalue weighted by atomic mass is 10.1. The molecule has 0 spiro atoms. The van der Waals surface area contributed by atoms with E-state index in [9.17, 15) is 0 Å². The van der Waals surface area contributed by atoms with Gasteiger partial charge in [-0.3, -0.25) is 0 Å². The molecule has 1 aromatic carbocycles. The summed E-state index contributed by atoms with van der Waals surface area (Å²) >= 11 is 6.93. The van der Waals surface area contributed by atoms with Crippen molar-refractivity contribution < 1.29 is 4.74 Å². The molecule has 0 aliphatic carbocycles. The number of aromatic nitrogens is 2. The van der Waals surface area contributed by atoms with Crippen LogP contribution in [0.5, 0.6) is 5.75 Å². The summed E-state index contributed by atoms with van der Waals surface area (Å²) in [6, 6.07) is 7.98. The Balaban J connectivity index is 1.87. The monoisotopic (exact) mass is 269 g/mol. The van der Waals surface area contributed by atoms with Gasteiger partial charge in [0.15, 0.2) is 11.0 Å². The molecular weight excluding hydrogens is 258 g/mol. The van der Waals surface area contributed by atoms with Crippen LogP contribution < -0.4 is 10.1 Å². The first-order valence-electron chi connectivity index (χ1n) is 5.14. The summed E-state index contributed by atoms with van der Waals surface area (Å²) in [5.41, 5.74) is 1.20. The molecule has 1 aromatic heterocycles. The number of hydrogen-bond donors (Lipinski definition) is 1. The Kier molecular flexibility index (Phi) is 4.17. The van der Waals surface area contributed by atoms with Gasteiger partial charge in [0.05, 0.1) is 18.8 Å². The number of nitrogens with zero attached hydrogens (tertiary/aromatic N) is 2. The first-order chi connectivity index (χ1) is 8.29. The molecule has 0 saturated carbocycles. The Morgan fingerprint density at radius 1 is 1.41 bits per heavy atom. The van der Waals surface area contributed by atoms with Crippen molar-refractivity contribution >= 4 is 29.1 Å². The predicted octanol–water partition coefficient (Wildman–Crippen LogP) is 2.85. The lowest BCUT2D eigenvalue weighted by molar-refractivity contribution is 0.414. The number of nitrogens with one attached hydrogen (secondary N) is 1. The van der Waals surface area contributed by atoms with E-state index in [1.165, 1.54) is 5.56 Å². The van der Waals surface area contributed by atoms with Crippen LogP contribution in [0.25, 0.3) is 0 Å². The first kappa shape index (κ1) is 12.1. The third-order valence-electron chi connectivity index (χ3n) is 2.29. The molecule has 90 valence electrons. The molecule has 0 atom stereocenters. The second-order valence-corrected chi connectivity index (χ2v) is 4.32. The van der Waals surface area contributed by atoms with Crippen molar-refractivity contribution in [1.82, 2.24) is 8.75 Å². The van der Waals surface area contributed by atoms with Crippen molar-refractivity contribution in [3.63, 3.8) is 0 Å². The summed E-state index contributed by atoms with van der Waals surface area (Å²) in [4.78, 5) is 0. The lowest BCUT2D eigenvalue weighted by Gasteiger charge is -2.05. The summed E-state index contributed by atoms with van der Waals surface area (Å²) < 4.78 is 13.1. The van der Waals surface area contributed by atoms with Crippen molar-refractivity contribution in [2.45, 2.75) is 6.42 Å². The van der Waals surface area contributed by atoms with Gasteiger partial charge in [0.25, 0.3) is 0 Å². The van der Waals surface area contributed by atoms with Crippen molar-refractivity contribution in [1.29, 1.82) is 0 Å². The predicted molar refractivity (Wildman–Crippen MR) is 70.1 cm³/mol. The quantitative estimate of drug-likeness (QED) is 0.907. The molecule has 2 rings (SSSR count). The van der Waals surface area contributed by atoms with Gasteiger partial charge in [-0.25, -0.2) is 0 Å². The molecule has 2 aromatic rings. The Morgan fingerprint density at radius 2 is 2.29 bits per heavy atom. The Hall–Kier alpha value is -1.33. The molecule has 1 N–H and O–H groups in total. The van der Waals surface area contributed by atoms with Gasteiger partial charge >= 0.3 is 0 Å². The summed E-state index contributed by atoms with van der Waals surface area (Å²) in [6.07, 6.45) is 0.880. The van der Waals surface area contributed by atoms with E-state index in [0.29, 0.717) is 11.0 Å². The third kappa shape index (κ3) is 3.31. The zero-order valence-electron chi connectivity index (χ0n) is 9.31. The van der Waals surface area contributed by atoms with Gasteiger partial charge in [0.1, 0.15) is 5.75 Å². The fourth-order valence-electron chi connectivity index (χ4n) is 1.44. The Morgan fingerprint density at radius 3 is 3.00 bits per heavy atom.